The molecular weight excluding hydrogens is 196 g/mol. The highest BCUT2D eigenvalue weighted by molar-refractivity contribution is 4.95. The standard InChI is InChI=1S/C14H28N2/c1-3-4-5-6-9-15-13-10-12(2)16(11-13)14-7-8-14/h12-15H,3-11H2,1-2H3. The van der Waals surface area contributed by atoms with Crippen molar-refractivity contribution in [1.82, 2.24) is 10.2 Å². The van der Waals surface area contributed by atoms with Gasteiger partial charge in [-0.05, 0) is 39.2 Å². The number of unbranched alkanes of at least 4 members (excludes halogenated alkanes) is 3. The van der Waals surface area contributed by atoms with Gasteiger partial charge in [0.05, 0.1) is 0 Å². The second-order valence-corrected chi connectivity index (χ2v) is 5.72. The lowest BCUT2D eigenvalue weighted by Crippen LogP contribution is -2.34. The molecular formula is C14H28N2. The molecule has 1 aliphatic carbocycles. The summed E-state index contributed by atoms with van der Waals surface area (Å²) in [4.78, 5) is 2.73. The average molecular weight is 224 g/mol. The maximum Gasteiger partial charge on any atom is 0.0210 e. The summed E-state index contributed by atoms with van der Waals surface area (Å²) in [5, 5.41) is 3.74. The first kappa shape index (κ1) is 12.4. The summed E-state index contributed by atoms with van der Waals surface area (Å²) in [7, 11) is 0. The van der Waals surface area contributed by atoms with Crippen LogP contribution in [-0.4, -0.2) is 36.1 Å². The molecule has 0 bridgehead atoms. The van der Waals surface area contributed by atoms with Crippen LogP contribution in [0.5, 0.6) is 0 Å². The minimum atomic E-state index is 0.775. The number of rotatable bonds is 7. The van der Waals surface area contributed by atoms with E-state index in [0.29, 0.717) is 0 Å². The summed E-state index contributed by atoms with van der Waals surface area (Å²) >= 11 is 0. The monoisotopic (exact) mass is 224 g/mol. The lowest BCUT2D eigenvalue weighted by molar-refractivity contribution is 0.255. The van der Waals surface area contributed by atoms with Gasteiger partial charge in [0.25, 0.3) is 0 Å². The predicted molar refractivity (Wildman–Crippen MR) is 69.7 cm³/mol. The van der Waals surface area contributed by atoms with Crippen molar-refractivity contribution < 1.29 is 0 Å². The van der Waals surface area contributed by atoms with E-state index in [9.17, 15) is 0 Å². The number of nitrogens with one attached hydrogen (secondary N) is 1. The van der Waals surface area contributed by atoms with E-state index in [1.807, 2.05) is 0 Å². The van der Waals surface area contributed by atoms with Gasteiger partial charge in [-0.3, -0.25) is 4.90 Å². The highest BCUT2D eigenvalue weighted by Crippen LogP contribution is 2.33. The molecule has 1 N–H and O–H groups in total. The second kappa shape index (κ2) is 6.02. The van der Waals surface area contributed by atoms with Crippen molar-refractivity contribution in [2.45, 2.75) is 76.9 Å². The van der Waals surface area contributed by atoms with Crippen LogP contribution in [0.2, 0.25) is 0 Å². The van der Waals surface area contributed by atoms with E-state index in [4.69, 9.17) is 0 Å². The van der Waals surface area contributed by atoms with Crippen molar-refractivity contribution in [1.29, 1.82) is 0 Å². The van der Waals surface area contributed by atoms with Gasteiger partial charge in [0.15, 0.2) is 0 Å². The molecule has 0 aromatic carbocycles. The Balaban J connectivity index is 1.57. The smallest absolute Gasteiger partial charge is 0.0210 e. The SMILES string of the molecule is CCCCCCNC1CC(C)N(C2CC2)C1. The summed E-state index contributed by atoms with van der Waals surface area (Å²) in [5.74, 6) is 0. The minimum absolute atomic E-state index is 0.775. The first-order valence-corrected chi connectivity index (χ1v) is 7.30. The van der Waals surface area contributed by atoms with E-state index in [0.717, 1.165) is 18.1 Å². The Bertz CT molecular complexity index is 201. The molecule has 0 amide bonds. The van der Waals surface area contributed by atoms with Gasteiger partial charge in [-0.15, -0.1) is 0 Å². The van der Waals surface area contributed by atoms with Crippen LogP contribution >= 0.6 is 0 Å². The molecule has 94 valence electrons. The molecule has 1 aliphatic heterocycles. The normalized spacial score (nSPS) is 31.1. The fourth-order valence-corrected chi connectivity index (χ4v) is 2.98. The molecule has 0 aromatic rings. The van der Waals surface area contributed by atoms with E-state index in [1.165, 1.54) is 58.0 Å². The summed E-state index contributed by atoms with van der Waals surface area (Å²) in [6.45, 7) is 7.21. The van der Waals surface area contributed by atoms with Crippen molar-refractivity contribution in [3.63, 3.8) is 0 Å². The minimum Gasteiger partial charge on any atom is -0.313 e. The van der Waals surface area contributed by atoms with Gasteiger partial charge in [0.2, 0.25) is 0 Å². The molecule has 16 heavy (non-hydrogen) atoms. The average Bonchev–Trinajstić information content (AvgIpc) is 3.04. The molecule has 2 rings (SSSR count). The Morgan fingerprint density at radius 3 is 2.69 bits per heavy atom. The van der Waals surface area contributed by atoms with E-state index in [1.54, 1.807) is 0 Å². The summed E-state index contributed by atoms with van der Waals surface area (Å²) in [6.07, 6.45) is 9.78. The van der Waals surface area contributed by atoms with Crippen LogP contribution in [0.25, 0.3) is 0 Å². The molecule has 2 heteroatoms. The molecule has 2 fully saturated rings. The molecule has 0 spiro atoms. The number of hydrogen-bond acceptors (Lipinski definition) is 2. The third kappa shape index (κ3) is 3.46. The van der Waals surface area contributed by atoms with Gasteiger partial charge in [-0.2, -0.15) is 0 Å². The molecule has 2 nitrogen and oxygen atoms in total. The zero-order valence-electron chi connectivity index (χ0n) is 11.0. The van der Waals surface area contributed by atoms with Crippen LogP contribution in [0.15, 0.2) is 0 Å². The van der Waals surface area contributed by atoms with Crippen LogP contribution in [0.1, 0.15) is 58.8 Å². The Hall–Kier alpha value is -0.0800. The molecule has 2 aliphatic rings. The van der Waals surface area contributed by atoms with E-state index in [2.05, 4.69) is 24.1 Å². The van der Waals surface area contributed by atoms with Crippen molar-refractivity contribution in [3.8, 4) is 0 Å². The van der Waals surface area contributed by atoms with Crippen molar-refractivity contribution >= 4 is 0 Å². The Morgan fingerprint density at radius 1 is 1.19 bits per heavy atom. The van der Waals surface area contributed by atoms with Gasteiger partial charge >= 0.3 is 0 Å². The quantitative estimate of drug-likeness (QED) is 0.669. The Kier molecular flexibility index (Phi) is 4.66. The van der Waals surface area contributed by atoms with E-state index >= 15 is 0 Å². The maximum absolute atomic E-state index is 3.74. The van der Waals surface area contributed by atoms with E-state index in [-0.39, 0.29) is 0 Å². The van der Waals surface area contributed by atoms with Crippen LogP contribution in [0.4, 0.5) is 0 Å². The summed E-state index contributed by atoms with van der Waals surface area (Å²) in [5.41, 5.74) is 0. The molecule has 2 atom stereocenters. The van der Waals surface area contributed by atoms with Gasteiger partial charge in [0, 0.05) is 24.7 Å². The van der Waals surface area contributed by atoms with E-state index < -0.39 is 0 Å². The van der Waals surface area contributed by atoms with Gasteiger partial charge in [0.1, 0.15) is 0 Å². The van der Waals surface area contributed by atoms with Crippen molar-refractivity contribution in [2.75, 3.05) is 13.1 Å². The number of hydrogen-bond donors (Lipinski definition) is 1. The Morgan fingerprint density at radius 2 is 2.00 bits per heavy atom. The predicted octanol–water partition coefficient (Wildman–Crippen LogP) is 2.78. The fraction of sp³-hybridized carbons (Fsp3) is 1.00. The number of likely N-dealkylation sites (tertiary alicyclic amines) is 1. The highest BCUT2D eigenvalue weighted by atomic mass is 15.3. The Labute approximate surface area is 101 Å². The van der Waals surface area contributed by atoms with Crippen LogP contribution in [0, 0.1) is 0 Å². The second-order valence-electron chi connectivity index (χ2n) is 5.72. The zero-order chi connectivity index (χ0) is 11.4. The maximum atomic E-state index is 3.74. The molecule has 1 heterocycles. The van der Waals surface area contributed by atoms with Gasteiger partial charge in [-0.1, -0.05) is 26.2 Å². The van der Waals surface area contributed by atoms with Crippen molar-refractivity contribution in [3.05, 3.63) is 0 Å². The fourth-order valence-electron chi connectivity index (χ4n) is 2.98. The zero-order valence-corrected chi connectivity index (χ0v) is 11.0. The molecule has 1 saturated heterocycles. The van der Waals surface area contributed by atoms with Crippen LogP contribution in [0.3, 0.4) is 0 Å². The molecule has 0 radical (unpaired) electrons. The topological polar surface area (TPSA) is 15.3 Å². The summed E-state index contributed by atoms with van der Waals surface area (Å²) < 4.78 is 0. The van der Waals surface area contributed by atoms with Gasteiger partial charge < -0.3 is 5.32 Å². The number of nitrogens with zero attached hydrogens (tertiary/aromatic N) is 1. The largest absolute Gasteiger partial charge is 0.313 e. The molecule has 1 saturated carbocycles. The lowest BCUT2D eigenvalue weighted by Gasteiger charge is -2.19. The third-order valence-corrected chi connectivity index (χ3v) is 4.10. The molecule has 0 aromatic heterocycles. The van der Waals surface area contributed by atoms with Crippen LogP contribution < -0.4 is 5.32 Å². The van der Waals surface area contributed by atoms with Crippen molar-refractivity contribution in [2.24, 2.45) is 0 Å². The first-order valence-electron chi connectivity index (χ1n) is 7.30. The first-order chi connectivity index (χ1) is 7.81. The summed E-state index contributed by atoms with van der Waals surface area (Å²) in [6, 6.07) is 2.54. The van der Waals surface area contributed by atoms with Gasteiger partial charge in [-0.25, -0.2) is 0 Å². The molecule has 2 unspecified atom stereocenters. The highest BCUT2D eigenvalue weighted by Gasteiger charge is 2.38. The lowest BCUT2D eigenvalue weighted by atomic mass is 10.1. The van der Waals surface area contributed by atoms with Crippen LogP contribution in [-0.2, 0) is 0 Å². The third-order valence-electron chi connectivity index (χ3n) is 4.10.